The maximum absolute atomic E-state index is 12.3. The van der Waals surface area contributed by atoms with Gasteiger partial charge in [-0.3, -0.25) is 25.8 Å². The van der Waals surface area contributed by atoms with Crippen molar-refractivity contribution in [2.24, 2.45) is 5.92 Å². The van der Waals surface area contributed by atoms with Crippen molar-refractivity contribution in [2.45, 2.75) is 13.8 Å². The van der Waals surface area contributed by atoms with Crippen molar-refractivity contribution in [3.05, 3.63) is 59.1 Å². The molecule has 0 heterocycles. The van der Waals surface area contributed by atoms with Crippen LogP contribution in [-0.4, -0.2) is 30.1 Å². The number of carbonyl (C=O) groups is 2. The van der Waals surface area contributed by atoms with Gasteiger partial charge in [0, 0.05) is 5.56 Å². The predicted molar refractivity (Wildman–Crippen MR) is 115 cm³/mol. The molecule has 2 aromatic carbocycles. The van der Waals surface area contributed by atoms with Gasteiger partial charge < -0.3 is 9.47 Å². The number of hydrogen-bond donors (Lipinski definition) is 3. The third-order valence-electron chi connectivity index (χ3n) is 3.42. The smallest absolute Gasteiger partial charge is 0.276 e. The van der Waals surface area contributed by atoms with Crippen molar-refractivity contribution in [2.75, 3.05) is 13.2 Å². The number of carbonyl (C=O) groups excluding carboxylic acids is 2. The first-order valence-corrected chi connectivity index (χ1v) is 9.64. The molecule has 0 aromatic heterocycles. The summed E-state index contributed by atoms with van der Waals surface area (Å²) in [4.78, 5) is 24.1. The van der Waals surface area contributed by atoms with Crippen molar-refractivity contribution in [1.82, 2.24) is 16.2 Å². The van der Waals surface area contributed by atoms with Crippen LogP contribution in [0.2, 0.25) is 5.02 Å². The Hall–Kier alpha value is -2.84. The molecule has 0 spiro atoms. The number of hydrazine groups is 1. The third kappa shape index (κ3) is 7.97. The molecule has 0 saturated heterocycles. The fraction of sp³-hybridized carbons (Fsp3) is 0.250. The molecule has 7 nitrogen and oxygen atoms in total. The summed E-state index contributed by atoms with van der Waals surface area (Å²) in [5.41, 5.74) is 5.16. The van der Waals surface area contributed by atoms with Gasteiger partial charge in [0.05, 0.1) is 11.6 Å². The molecule has 0 fully saturated rings. The molecule has 2 aromatic rings. The van der Waals surface area contributed by atoms with E-state index in [2.05, 4.69) is 16.2 Å². The zero-order valence-corrected chi connectivity index (χ0v) is 17.6. The number of halogens is 1. The van der Waals surface area contributed by atoms with Crippen LogP contribution < -0.4 is 25.6 Å². The largest absolute Gasteiger partial charge is 0.493 e. The molecule has 0 atom stereocenters. The van der Waals surface area contributed by atoms with Gasteiger partial charge >= 0.3 is 0 Å². The lowest BCUT2D eigenvalue weighted by atomic mass is 10.2. The minimum Gasteiger partial charge on any atom is -0.493 e. The standard InChI is InChI=1S/C20H22ClN3O4S/c1-13(2)11-27-15-7-5-6-14(10-15)19(26)22-20(29)24-23-18(25)12-28-17-9-4-3-8-16(17)21/h3-10,13H,11-12H2,1-2H3,(H,23,25)(H2,22,24,26,29). The minimum absolute atomic E-state index is 0.0606. The van der Waals surface area contributed by atoms with Gasteiger partial charge in [0.2, 0.25) is 0 Å². The second kappa shape index (κ2) is 11.2. The van der Waals surface area contributed by atoms with Crippen LogP contribution in [-0.2, 0) is 4.79 Å². The molecule has 2 rings (SSSR count). The number of para-hydroxylation sites is 1. The molecule has 0 aliphatic heterocycles. The van der Waals surface area contributed by atoms with E-state index in [1.165, 1.54) is 0 Å². The topological polar surface area (TPSA) is 88.7 Å². The van der Waals surface area contributed by atoms with Crippen molar-refractivity contribution in [1.29, 1.82) is 0 Å². The summed E-state index contributed by atoms with van der Waals surface area (Å²) < 4.78 is 10.9. The molecule has 2 amide bonds. The molecular formula is C20H22ClN3O4S. The van der Waals surface area contributed by atoms with E-state index in [4.69, 9.17) is 33.3 Å². The maximum Gasteiger partial charge on any atom is 0.276 e. The summed E-state index contributed by atoms with van der Waals surface area (Å²) in [5.74, 6) is 0.425. The summed E-state index contributed by atoms with van der Waals surface area (Å²) in [7, 11) is 0. The van der Waals surface area contributed by atoms with Gasteiger partial charge in [-0.05, 0) is 48.5 Å². The number of nitrogens with one attached hydrogen (secondary N) is 3. The zero-order valence-electron chi connectivity index (χ0n) is 16.0. The van der Waals surface area contributed by atoms with Gasteiger partial charge in [0.1, 0.15) is 11.5 Å². The average molecular weight is 436 g/mol. The molecule has 0 aliphatic rings. The van der Waals surface area contributed by atoms with Crippen molar-refractivity contribution >= 4 is 40.7 Å². The molecule has 154 valence electrons. The third-order valence-corrected chi connectivity index (χ3v) is 3.93. The lowest BCUT2D eigenvalue weighted by Crippen LogP contribution is -2.49. The fourth-order valence-electron chi connectivity index (χ4n) is 2.06. The maximum atomic E-state index is 12.3. The summed E-state index contributed by atoms with van der Waals surface area (Å²) >= 11 is 11.0. The monoisotopic (exact) mass is 435 g/mol. The number of benzene rings is 2. The van der Waals surface area contributed by atoms with E-state index in [0.717, 1.165) is 0 Å². The Morgan fingerprint density at radius 1 is 1.07 bits per heavy atom. The van der Waals surface area contributed by atoms with Gasteiger partial charge in [0.25, 0.3) is 11.8 Å². The Kier molecular flexibility index (Phi) is 8.69. The Bertz CT molecular complexity index is 876. The van der Waals surface area contributed by atoms with Crippen LogP contribution in [0.1, 0.15) is 24.2 Å². The predicted octanol–water partition coefficient (Wildman–Crippen LogP) is 3.09. The van der Waals surface area contributed by atoms with Crippen LogP contribution in [0.3, 0.4) is 0 Å². The Labute approximate surface area is 179 Å². The highest BCUT2D eigenvalue weighted by molar-refractivity contribution is 7.80. The van der Waals surface area contributed by atoms with E-state index < -0.39 is 11.8 Å². The van der Waals surface area contributed by atoms with E-state index in [9.17, 15) is 9.59 Å². The number of ether oxygens (including phenoxy) is 2. The van der Waals surface area contributed by atoms with E-state index in [1.807, 2.05) is 13.8 Å². The average Bonchev–Trinajstić information content (AvgIpc) is 2.70. The van der Waals surface area contributed by atoms with Crippen LogP contribution >= 0.6 is 23.8 Å². The number of hydrogen-bond acceptors (Lipinski definition) is 5. The van der Waals surface area contributed by atoms with Gasteiger partial charge in [-0.2, -0.15) is 0 Å². The van der Waals surface area contributed by atoms with Crippen molar-refractivity contribution < 1.29 is 19.1 Å². The van der Waals surface area contributed by atoms with E-state index in [-0.39, 0.29) is 11.7 Å². The number of thiocarbonyl (C=S) groups is 1. The van der Waals surface area contributed by atoms with Crippen molar-refractivity contribution in [3.63, 3.8) is 0 Å². The SMILES string of the molecule is CC(C)COc1cccc(C(=O)NC(=S)NNC(=O)COc2ccccc2Cl)c1. The van der Waals surface area contributed by atoms with Crippen molar-refractivity contribution in [3.8, 4) is 11.5 Å². The highest BCUT2D eigenvalue weighted by Crippen LogP contribution is 2.22. The fourth-order valence-corrected chi connectivity index (χ4v) is 2.40. The van der Waals surface area contributed by atoms with Gasteiger partial charge in [-0.1, -0.05) is 43.6 Å². The second-order valence-corrected chi connectivity index (χ2v) is 7.22. The lowest BCUT2D eigenvalue weighted by molar-refractivity contribution is -0.123. The van der Waals surface area contributed by atoms with Crippen LogP contribution in [0, 0.1) is 5.92 Å². The molecule has 9 heteroatoms. The first kappa shape index (κ1) is 22.4. The highest BCUT2D eigenvalue weighted by atomic mass is 35.5. The van der Waals surface area contributed by atoms with Crippen LogP contribution in [0.5, 0.6) is 11.5 Å². The summed E-state index contributed by atoms with van der Waals surface area (Å²) in [5, 5.41) is 2.81. The molecule has 0 aliphatic carbocycles. The second-order valence-electron chi connectivity index (χ2n) is 6.41. The Morgan fingerprint density at radius 2 is 1.83 bits per heavy atom. The van der Waals surface area contributed by atoms with E-state index >= 15 is 0 Å². The minimum atomic E-state index is -0.495. The van der Waals surface area contributed by atoms with E-state index in [0.29, 0.717) is 34.6 Å². The van der Waals surface area contributed by atoms with Crippen LogP contribution in [0.25, 0.3) is 0 Å². The highest BCUT2D eigenvalue weighted by Gasteiger charge is 2.10. The Balaban J connectivity index is 1.77. The molecule has 0 radical (unpaired) electrons. The van der Waals surface area contributed by atoms with E-state index in [1.54, 1.807) is 48.5 Å². The Morgan fingerprint density at radius 3 is 2.55 bits per heavy atom. The summed E-state index contributed by atoms with van der Waals surface area (Å²) in [6, 6.07) is 13.5. The quantitative estimate of drug-likeness (QED) is 0.457. The molecular weight excluding hydrogens is 414 g/mol. The normalized spacial score (nSPS) is 10.2. The molecule has 3 N–H and O–H groups in total. The zero-order chi connectivity index (χ0) is 21.2. The van der Waals surface area contributed by atoms with Gasteiger partial charge in [-0.25, -0.2) is 0 Å². The van der Waals surface area contributed by atoms with Crippen LogP contribution in [0.15, 0.2) is 48.5 Å². The lowest BCUT2D eigenvalue weighted by Gasteiger charge is -2.12. The molecule has 29 heavy (non-hydrogen) atoms. The van der Waals surface area contributed by atoms with Gasteiger partial charge in [0.15, 0.2) is 11.7 Å². The molecule has 0 saturated carbocycles. The first-order chi connectivity index (χ1) is 13.8. The summed E-state index contributed by atoms with van der Waals surface area (Å²) in [6.45, 7) is 4.35. The first-order valence-electron chi connectivity index (χ1n) is 8.85. The molecule has 0 unspecified atom stereocenters. The molecule has 0 bridgehead atoms. The number of amides is 2. The number of rotatable bonds is 7. The summed E-state index contributed by atoms with van der Waals surface area (Å²) in [6.07, 6.45) is 0. The van der Waals surface area contributed by atoms with Crippen LogP contribution in [0.4, 0.5) is 0 Å². The van der Waals surface area contributed by atoms with Gasteiger partial charge in [-0.15, -0.1) is 0 Å².